The molecule has 4 rings (SSSR count). The summed E-state index contributed by atoms with van der Waals surface area (Å²) in [4.78, 5) is 14.5. The van der Waals surface area contributed by atoms with Crippen LogP contribution in [0.2, 0.25) is 0 Å². The number of alkyl halides is 3. The first kappa shape index (κ1) is 26.7. The van der Waals surface area contributed by atoms with Gasteiger partial charge in [0, 0.05) is 19.0 Å². The van der Waals surface area contributed by atoms with Crippen molar-refractivity contribution in [2.75, 3.05) is 6.54 Å². The molecule has 5 nitrogen and oxygen atoms in total. The van der Waals surface area contributed by atoms with E-state index in [0.29, 0.717) is 18.2 Å². The van der Waals surface area contributed by atoms with E-state index in [1.165, 1.54) is 12.1 Å². The largest absolute Gasteiger partial charge is 0.416 e. The zero-order chi connectivity index (χ0) is 26.8. The summed E-state index contributed by atoms with van der Waals surface area (Å²) in [6, 6.07) is 19.6. The van der Waals surface area contributed by atoms with Crippen LogP contribution in [0.25, 0.3) is 0 Å². The Hall–Kier alpha value is -3.33. The highest BCUT2D eigenvalue weighted by atomic mass is 32.2. The second-order valence-corrected chi connectivity index (χ2v) is 11.2. The number of hydrogen-bond donors (Lipinski definition) is 0. The Morgan fingerprint density at radius 3 is 2.38 bits per heavy atom. The molecule has 9 heteroatoms. The third-order valence-corrected chi connectivity index (χ3v) is 7.40. The van der Waals surface area contributed by atoms with Crippen molar-refractivity contribution in [3.63, 3.8) is 0 Å². The van der Waals surface area contributed by atoms with Crippen molar-refractivity contribution in [1.82, 2.24) is 4.90 Å². The summed E-state index contributed by atoms with van der Waals surface area (Å²) >= 11 is 0. The van der Waals surface area contributed by atoms with Crippen molar-refractivity contribution in [3.8, 4) is 5.75 Å². The van der Waals surface area contributed by atoms with Gasteiger partial charge in [0.05, 0.1) is 5.56 Å². The van der Waals surface area contributed by atoms with Gasteiger partial charge >= 0.3 is 16.3 Å². The number of carbonyl (C=O) groups excluding carboxylic acids is 1. The molecule has 1 fully saturated rings. The van der Waals surface area contributed by atoms with Gasteiger partial charge in [-0.25, -0.2) is 0 Å². The predicted molar refractivity (Wildman–Crippen MR) is 133 cm³/mol. The minimum absolute atomic E-state index is 0.0413. The van der Waals surface area contributed by atoms with Gasteiger partial charge in [-0.1, -0.05) is 62.4 Å². The molecule has 1 aliphatic carbocycles. The number of carbonyl (C=O) groups is 1. The molecule has 0 aromatic heterocycles. The van der Waals surface area contributed by atoms with Gasteiger partial charge in [-0.05, 0) is 59.7 Å². The number of hydrogen-bond acceptors (Lipinski definition) is 4. The SMILES string of the molecule is CC(C)CN(Cc1cccc(OS(=O)(=O)c2cccc(C(F)(F)F)c2)c1)C(=O)C1CC1c1ccccc1. The number of nitrogens with zero attached hydrogens (tertiary/aromatic N) is 1. The maximum absolute atomic E-state index is 13.3. The second-order valence-electron chi connectivity index (χ2n) is 9.68. The summed E-state index contributed by atoms with van der Waals surface area (Å²) in [6.07, 6.45) is -3.89. The molecule has 0 radical (unpaired) electrons. The van der Waals surface area contributed by atoms with Gasteiger partial charge < -0.3 is 9.08 Å². The molecular weight excluding hydrogens is 503 g/mol. The second kappa shape index (κ2) is 10.6. The zero-order valence-corrected chi connectivity index (χ0v) is 21.3. The highest BCUT2D eigenvalue weighted by Crippen LogP contribution is 2.48. The number of halogens is 3. The summed E-state index contributed by atoms with van der Waals surface area (Å²) in [5, 5.41) is 0. The summed E-state index contributed by atoms with van der Waals surface area (Å²) in [6.45, 7) is 4.83. The Balaban J connectivity index is 1.49. The smallest absolute Gasteiger partial charge is 0.379 e. The molecular formula is C28H28F3NO4S. The fraction of sp³-hybridized carbons (Fsp3) is 0.321. The van der Waals surface area contributed by atoms with Crippen LogP contribution in [0.4, 0.5) is 13.2 Å². The van der Waals surface area contributed by atoms with E-state index in [0.717, 1.165) is 30.2 Å². The van der Waals surface area contributed by atoms with Crippen molar-refractivity contribution < 1.29 is 30.6 Å². The fourth-order valence-corrected chi connectivity index (χ4v) is 5.33. The average molecular weight is 532 g/mol. The molecule has 2 atom stereocenters. The molecule has 1 saturated carbocycles. The Morgan fingerprint density at radius 1 is 1.00 bits per heavy atom. The monoisotopic (exact) mass is 531 g/mol. The molecule has 0 saturated heterocycles. The Labute approximate surface area is 215 Å². The molecule has 196 valence electrons. The number of benzene rings is 3. The van der Waals surface area contributed by atoms with Gasteiger partial charge in [-0.2, -0.15) is 21.6 Å². The lowest BCUT2D eigenvalue weighted by Gasteiger charge is -2.25. The molecule has 1 amide bonds. The summed E-state index contributed by atoms with van der Waals surface area (Å²) < 4.78 is 69.6. The van der Waals surface area contributed by atoms with Gasteiger partial charge in [0.15, 0.2) is 0 Å². The molecule has 0 spiro atoms. The van der Waals surface area contributed by atoms with E-state index in [2.05, 4.69) is 0 Å². The van der Waals surface area contributed by atoms with Crippen molar-refractivity contribution in [3.05, 3.63) is 95.6 Å². The van der Waals surface area contributed by atoms with Crippen LogP contribution in [-0.2, 0) is 27.6 Å². The van der Waals surface area contributed by atoms with Gasteiger partial charge in [-0.3, -0.25) is 4.79 Å². The molecule has 3 aromatic carbocycles. The summed E-state index contributed by atoms with van der Waals surface area (Å²) in [7, 11) is -4.50. The summed E-state index contributed by atoms with van der Waals surface area (Å²) in [5.74, 6) is 0.321. The minimum atomic E-state index is -4.68. The van der Waals surface area contributed by atoms with Crippen LogP contribution in [0, 0.1) is 11.8 Å². The van der Waals surface area contributed by atoms with Crippen LogP contribution in [-0.4, -0.2) is 25.8 Å². The fourth-order valence-electron chi connectivity index (χ4n) is 4.36. The van der Waals surface area contributed by atoms with E-state index in [-0.39, 0.29) is 36.0 Å². The molecule has 0 heterocycles. The molecule has 0 bridgehead atoms. The standard InChI is InChI=1S/C28H28F3NO4S/c1-19(2)17-32(27(33)26-16-25(26)21-9-4-3-5-10-21)18-20-8-6-12-23(14-20)36-37(34,35)24-13-7-11-22(15-24)28(29,30)31/h3-15,19,25-26H,16-18H2,1-2H3. The molecule has 1 aliphatic rings. The van der Waals surface area contributed by atoms with Crippen LogP contribution >= 0.6 is 0 Å². The van der Waals surface area contributed by atoms with E-state index < -0.39 is 26.8 Å². The van der Waals surface area contributed by atoms with Crippen molar-refractivity contribution in [2.45, 2.75) is 43.8 Å². The summed E-state index contributed by atoms with van der Waals surface area (Å²) in [5.41, 5.74) is 0.714. The molecule has 0 N–H and O–H groups in total. The van der Waals surface area contributed by atoms with Crippen LogP contribution in [0.3, 0.4) is 0 Å². The van der Waals surface area contributed by atoms with E-state index in [4.69, 9.17) is 4.18 Å². The van der Waals surface area contributed by atoms with Crippen molar-refractivity contribution >= 4 is 16.0 Å². The first-order chi connectivity index (χ1) is 17.4. The minimum Gasteiger partial charge on any atom is -0.379 e. The van der Waals surface area contributed by atoms with Crippen LogP contribution in [0.5, 0.6) is 5.75 Å². The first-order valence-corrected chi connectivity index (χ1v) is 13.4. The lowest BCUT2D eigenvalue weighted by Crippen LogP contribution is -2.35. The van der Waals surface area contributed by atoms with Gasteiger partial charge in [0.1, 0.15) is 10.6 Å². The molecule has 37 heavy (non-hydrogen) atoms. The highest BCUT2D eigenvalue weighted by molar-refractivity contribution is 7.87. The van der Waals surface area contributed by atoms with E-state index in [1.807, 2.05) is 44.2 Å². The molecule has 2 unspecified atom stereocenters. The maximum atomic E-state index is 13.3. The Kier molecular flexibility index (Phi) is 7.64. The lowest BCUT2D eigenvalue weighted by molar-refractivity contribution is -0.137. The number of amides is 1. The number of rotatable bonds is 9. The molecule has 0 aliphatic heterocycles. The van der Waals surface area contributed by atoms with E-state index >= 15 is 0 Å². The Morgan fingerprint density at radius 2 is 1.70 bits per heavy atom. The van der Waals surface area contributed by atoms with Crippen molar-refractivity contribution in [1.29, 1.82) is 0 Å². The topological polar surface area (TPSA) is 63.7 Å². The van der Waals surface area contributed by atoms with E-state index in [9.17, 15) is 26.4 Å². The van der Waals surface area contributed by atoms with Crippen LogP contribution < -0.4 is 4.18 Å². The predicted octanol–water partition coefficient (Wildman–Crippen LogP) is 6.26. The van der Waals surface area contributed by atoms with Crippen molar-refractivity contribution in [2.24, 2.45) is 11.8 Å². The van der Waals surface area contributed by atoms with Crippen LogP contribution in [0.1, 0.15) is 42.9 Å². The zero-order valence-electron chi connectivity index (χ0n) is 20.5. The van der Waals surface area contributed by atoms with Gasteiger partial charge in [0.25, 0.3) is 0 Å². The lowest BCUT2D eigenvalue weighted by atomic mass is 10.1. The molecule has 3 aromatic rings. The van der Waals surface area contributed by atoms with Gasteiger partial charge in [0.2, 0.25) is 5.91 Å². The van der Waals surface area contributed by atoms with Gasteiger partial charge in [-0.15, -0.1) is 0 Å². The maximum Gasteiger partial charge on any atom is 0.416 e. The normalized spacial score (nSPS) is 17.5. The third kappa shape index (κ3) is 6.71. The van der Waals surface area contributed by atoms with E-state index in [1.54, 1.807) is 17.0 Å². The van der Waals surface area contributed by atoms with Crippen LogP contribution in [0.15, 0.2) is 83.8 Å². The Bertz CT molecular complexity index is 1360. The first-order valence-electron chi connectivity index (χ1n) is 12.0. The quantitative estimate of drug-likeness (QED) is 0.306. The highest BCUT2D eigenvalue weighted by Gasteiger charge is 2.45. The average Bonchev–Trinajstić information content (AvgIpc) is 3.64. The third-order valence-electron chi connectivity index (χ3n) is 6.16.